The average molecular weight is 456 g/mol. The Labute approximate surface area is 194 Å². The van der Waals surface area contributed by atoms with E-state index in [0.29, 0.717) is 28.7 Å². The van der Waals surface area contributed by atoms with Crippen molar-refractivity contribution in [2.24, 2.45) is 17.6 Å². The van der Waals surface area contributed by atoms with E-state index in [9.17, 15) is 0 Å². The first kappa shape index (κ1) is 19.2. The third-order valence-corrected chi connectivity index (χ3v) is 7.80. The summed E-state index contributed by atoms with van der Waals surface area (Å²) in [5.74, 6) is 3.04. The summed E-state index contributed by atoms with van der Waals surface area (Å²) >= 11 is 1.51. The summed E-state index contributed by atoms with van der Waals surface area (Å²) in [6.07, 6.45) is 5.87. The Bertz CT molecular complexity index is 1420. The maximum atomic E-state index is 6.22. The van der Waals surface area contributed by atoms with Gasteiger partial charge in [-0.2, -0.15) is 0 Å². The molecule has 33 heavy (non-hydrogen) atoms. The van der Waals surface area contributed by atoms with Gasteiger partial charge in [-0.1, -0.05) is 12.1 Å². The first-order chi connectivity index (χ1) is 16.2. The Kier molecular flexibility index (Phi) is 4.13. The molecule has 1 aliphatic heterocycles. The van der Waals surface area contributed by atoms with Crippen molar-refractivity contribution in [1.29, 1.82) is 0 Å². The Hall–Kier alpha value is -3.30. The van der Waals surface area contributed by atoms with E-state index < -0.39 is 0 Å². The highest BCUT2D eigenvalue weighted by atomic mass is 32.2. The number of rotatable bonds is 4. The van der Waals surface area contributed by atoms with Crippen molar-refractivity contribution in [3.63, 3.8) is 0 Å². The second-order valence-corrected chi connectivity index (χ2v) is 9.84. The molecule has 1 aromatic carbocycles. The molecule has 4 heterocycles. The zero-order chi connectivity index (χ0) is 22.1. The topological polar surface area (TPSA) is 103 Å². The molecule has 3 aromatic heterocycles. The summed E-state index contributed by atoms with van der Waals surface area (Å²) in [5, 5.41) is 0.713. The van der Waals surface area contributed by atoms with Crippen molar-refractivity contribution in [3.8, 4) is 16.9 Å². The summed E-state index contributed by atoms with van der Waals surface area (Å²) in [6.45, 7) is 1.90. The molecule has 164 valence electrons. The SMILES string of the molecule is COc1cccc2c1Cc1nc(Sc3cnc4nccnc4c3)nc(N3CC4C(N)C4C3)c1-2. The van der Waals surface area contributed by atoms with Gasteiger partial charge in [0.2, 0.25) is 0 Å². The van der Waals surface area contributed by atoms with Gasteiger partial charge in [0.1, 0.15) is 17.1 Å². The molecule has 0 bridgehead atoms. The van der Waals surface area contributed by atoms with Crippen LogP contribution in [0.1, 0.15) is 11.3 Å². The number of pyridine rings is 1. The van der Waals surface area contributed by atoms with Gasteiger partial charge < -0.3 is 15.4 Å². The van der Waals surface area contributed by atoms with Crippen LogP contribution in [0.5, 0.6) is 5.75 Å². The van der Waals surface area contributed by atoms with E-state index >= 15 is 0 Å². The highest BCUT2D eigenvalue weighted by Gasteiger charge is 2.54. The van der Waals surface area contributed by atoms with E-state index in [1.807, 2.05) is 18.2 Å². The van der Waals surface area contributed by atoms with Gasteiger partial charge in [-0.15, -0.1) is 0 Å². The van der Waals surface area contributed by atoms with Crippen molar-refractivity contribution < 1.29 is 4.74 Å². The molecule has 4 aromatic rings. The second kappa shape index (κ2) is 7.10. The van der Waals surface area contributed by atoms with Crippen LogP contribution in [0.15, 0.2) is 52.9 Å². The Balaban J connectivity index is 1.32. The lowest BCUT2D eigenvalue weighted by Crippen LogP contribution is -2.29. The highest BCUT2D eigenvalue weighted by molar-refractivity contribution is 7.99. The van der Waals surface area contributed by atoms with Crippen LogP contribution in [0.2, 0.25) is 0 Å². The molecule has 0 radical (unpaired) electrons. The number of methoxy groups -OCH3 is 1. The quantitative estimate of drug-likeness (QED) is 0.410. The van der Waals surface area contributed by atoms with Crippen LogP contribution in [0.25, 0.3) is 22.3 Å². The lowest BCUT2D eigenvalue weighted by molar-refractivity contribution is 0.411. The minimum atomic E-state index is 0.335. The van der Waals surface area contributed by atoms with Crippen molar-refractivity contribution >= 4 is 28.7 Å². The normalized spacial score (nSPS) is 22.2. The number of piperidine rings is 1. The maximum Gasteiger partial charge on any atom is 0.194 e. The molecule has 1 saturated carbocycles. The molecule has 2 unspecified atom stereocenters. The Morgan fingerprint density at radius 2 is 1.94 bits per heavy atom. The monoisotopic (exact) mass is 455 g/mol. The molecule has 2 fully saturated rings. The lowest BCUT2D eigenvalue weighted by Gasteiger charge is -2.23. The maximum absolute atomic E-state index is 6.22. The molecule has 1 saturated heterocycles. The van der Waals surface area contributed by atoms with Crippen molar-refractivity contribution in [2.45, 2.75) is 22.5 Å². The molecule has 2 atom stereocenters. The summed E-state index contributed by atoms with van der Waals surface area (Å²) < 4.78 is 5.65. The zero-order valence-electron chi connectivity index (χ0n) is 18.0. The fourth-order valence-electron chi connectivity index (χ4n) is 5.24. The van der Waals surface area contributed by atoms with Gasteiger partial charge in [-0.05, 0) is 41.3 Å². The number of ether oxygens (including phenoxy) is 1. The molecular formula is C24H21N7OS. The van der Waals surface area contributed by atoms with E-state index in [0.717, 1.165) is 52.7 Å². The third-order valence-electron chi connectivity index (χ3n) is 6.98. The smallest absolute Gasteiger partial charge is 0.194 e. The summed E-state index contributed by atoms with van der Waals surface area (Å²) in [5.41, 5.74) is 12.1. The van der Waals surface area contributed by atoms with Crippen molar-refractivity contribution in [1.82, 2.24) is 24.9 Å². The summed E-state index contributed by atoms with van der Waals surface area (Å²) in [7, 11) is 1.72. The summed E-state index contributed by atoms with van der Waals surface area (Å²) in [6, 6.07) is 8.52. The minimum Gasteiger partial charge on any atom is -0.496 e. The molecule has 3 aliphatic rings. The van der Waals surface area contributed by atoms with Gasteiger partial charge in [0.05, 0.1) is 12.8 Å². The van der Waals surface area contributed by atoms with E-state index in [-0.39, 0.29) is 0 Å². The third kappa shape index (κ3) is 2.99. The minimum absolute atomic E-state index is 0.335. The predicted molar refractivity (Wildman–Crippen MR) is 125 cm³/mol. The molecule has 2 N–H and O–H groups in total. The standard InChI is InChI=1S/C24H21N7OS/c1-32-19-4-2-3-13-14(19)8-17-20(13)23(31-10-15-16(11-31)21(15)25)30-24(29-17)33-12-7-18-22(28-9-12)27-6-5-26-18/h2-7,9,15-16,21H,8,10-11,25H2,1H3. The van der Waals surface area contributed by atoms with Crippen LogP contribution in [0.3, 0.4) is 0 Å². The molecule has 0 spiro atoms. The first-order valence-electron chi connectivity index (χ1n) is 11.0. The van der Waals surface area contributed by atoms with Crippen LogP contribution < -0.4 is 15.4 Å². The van der Waals surface area contributed by atoms with Gasteiger partial charge in [-0.25, -0.2) is 19.9 Å². The van der Waals surface area contributed by atoms with Crippen LogP contribution >= 0.6 is 11.8 Å². The number of nitrogens with two attached hydrogens (primary N) is 1. The molecular weight excluding hydrogens is 434 g/mol. The van der Waals surface area contributed by atoms with E-state index in [4.69, 9.17) is 20.4 Å². The lowest BCUT2D eigenvalue weighted by atomic mass is 10.1. The van der Waals surface area contributed by atoms with Crippen molar-refractivity contribution in [3.05, 3.63) is 54.1 Å². The zero-order valence-corrected chi connectivity index (χ0v) is 18.8. The molecule has 8 nitrogen and oxygen atoms in total. The van der Waals surface area contributed by atoms with Crippen LogP contribution in [0, 0.1) is 11.8 Å². The van der Waals surface area contributed by atoms with Crippen molar-refractivity contribution in [2.75, 3.05) is 25.1 Å². The van der Waals surface area contributed by atoms with E-state index in [2.05, 4.69) is 25.9 Å². The highest BCUT2D eigenvalue weighted by Crippen LogP contribution is 2.50. The van der Waals surface area contributed by atoms with Crippen LogP contribution in [-0.2, 0) is 6.42 Å². The van der Waals surface area contributed by atoms with E-state index in [1.54, 1.807) is 25.7 Å². The Morgan fingerprint density at radius 3 is 2.79 bits per heavy atom. The number of fused-ring (bicyclic) bond motifs is 5. The largest absolute Gasteiger partial charge is 0.496 e. The Morgan fingerprint density at radius 1 is 1.09 bits per heavy atom. The van der Waals surface area contributed by atoms with Crippen LogP contribution in [-0.4, -0.2) is 51.2 Å². The number of nitrogens with zero attached hydrogens (tertiary/aromatic N) is 6. The van der Waals surface area contributed by atoms with Gasteiger partial charge in [0, 0.05) is 60.2 Å². The number of aromatic nitrogens is 5. The average Bonchev–Trinajstić information content (AvgIpc) is 3.20. The van der Waals surface area contributed by atoms with Gasteiger partial charge >= 0.3 is 0 Å². The number of hydrogen-bond acceptors (Lipinski definition) is 9. The molecule has 7 rings (SSSR count). The molecule has 2 aliphatic carbocycles. The number of benzene rings is 1. The number of anilines is 1. The molecule has 0 amide bonds. The fourth-order valence-corrected chi connectivity index (χ4v) is 6.01. The van der Waals surface area contributed by atoms with Gasteiger partial charge in [0.15, 0.2) is 10.8 Å². The van der Waals surface area contributed by atoms with Gasteiger partial charge in [0.25, 0.3) is 0 Å². The van der Waals surface area contributed by atoms with Gasteiger partial charge in [-0.3, -0.25) is 4.98 Å². The number of hydrogen-bond donors (Lipinski definition) is 1. The fraction of sp³-hybridized carbons (Fsp3) is 0.292. The predicted octanol–water partition coefficient (Wildman–Crippen LogP) is 2.94. The summed E-state index contributed by atoms with van der Waals surface area (Å²) in [4.78, 5) is 26.4. The first-order valence-corrected chi connectivity index (χ1v) is 11.8. The van der Waals surface area contributed by atoms with E-state index in [1.165, 1.54) is 22.9 Å². The van der Waals surface area contributed by atoms with Crippen LogP contribution in [0.4, 0.5) is 5.82 Å². The molecule has 9 heteroatoms. The second-order valence-electron chi connectivity index (χ2n) is 8.80.